The van der Waals surface area contributed by atoms with Crippen LogP contribution in [0.2, 0.25) is 0 Å². The second-order valence-electron chi connectivity index (χ2n) is 5.05. The minimum atomic E-state index is -0.163. The van der Waals surface area contributed by atoms with Gasteiger partial charge in [-0.05, 0) is 43.4 Å². The molecule has 0 heterocycles. The second-order valence-corrected chi connectivity index (χ2v) is 5.05. The van der Waals surface area contributed by atoms with Crippen LogP contribution in [0.3, 0.4) is 0 Å². The zero-order valence-electron chi connectivity index (χ0n) is 9.71. The fraction of sp³-hybridized carbons (Fsp3) is 0.571. The van der Waals surface area contributed by atoms with Crippen LogP contribution >= 0.6 is 0 Å². The molecule has 0 saturated heterocycles. The third-order valence-electron chi connectivity index (χ3n) is 3.67. The molecular weight excluding hydrogens is 201 g/mol. The van der Waals surface area contributed by atoms with E-state index in [2.05, 4.69) is 0 Å². The Morgan fingerprint density at radius 3 is 2.31 bits per heavy atom. The van der Waals surface area contributed by atoms with Gasteiger partial charge in [0, 0.05) is 5.54 Å². The first kappa shape index (κ1) is 11.6. The van der Waals surface area contributed by atoms with E-state index in [-0.39, 0.29) is 11.4 Å². The molecule has 0 unspecified atom stereocenters. The summed E-state index contributed by atoms with van der Waals surface area (Å²) >= 11 is 0. The number of nitrogens with two attached hydrogens (primary N) is 1. The summed E-state index contributed by atoms with van der Waals surface area (Å²) in [7, 11) is 0. The summed E-state index contributed by atoms with van der Waals surface area (Å²) in [5.41, 5.74) is 7.59. The Labute approximate surface area is 96.9 Å². The standard InChI is InChI=1S/C14H20FN/c15-13-6-4-12(5-7-13)8-11-14(16)9-2-1-3-10-14/h4-7H,1-3,8-11,16H2. The maximum Gasteiger partial charge on any atom is 0.123 e. The highest BCUT2D eigenvalue weighted by Crippen LogP contribution is 2.29. The molecule has 2 rings (SSSR count). The molecule has 2 heteroatoms. The molecule has 0 radical (unpaired) electrons. The molecular formula is C14H20FN. The van der Waals surface area contributed by atoms with Gasteiger partial charge in [-0.3, -0.25) is 0 Å². The summed E-state index contributed by atoms with van der Waals surface area (Å²) < 4.78 is 12.7. The summed E-state index contributed by atoms with van der Waals surface area (Å²) in [6.07, 6.45) is 8.15. The first-order chi connectivity index (χ1) is 7.68. The van der Waals surface area contributed by atoms with Crippen LogP contribution in [0, 0.1) is 5.82 Å². The highest BCUT2D eigenvalue weighted by molar-refractivity contribution is 5.16. The van der Waals surface area contributed by atoms with Gasteiger partial charge in [0.05, 0.1) is 0 Å². The van der Waals surface area contributed by atoms with Crippen molar-refractivity contribution < 1.29 is 4.39 Å². The Hall–Kier alpha value is -0.890. The topological polar surface area (TPSA) is 26.0 Å². The number of hydrogen-bond acceptors (Lipinski definition) is 1. The molecule has 16 heavy (non-hydrogen) atoms. The van der Waals surface area contributed by atoms with Crippen LogP contribution in [0.15, 0.2) is 24.3 Å². The molecule has 1 aromatic carbocycles. The third kappa shape index (κ3) is 3.05. The van der Waals surface area contributed by atoms with E-state index in [9.17, 15) is 4.39 Å². The van der Waals surface area contributed by atoms with E-state index in [0.717, 1.165) is 25.7 Å². The Balaban J connectivity index is 1.88. The van der Waals surface area contributed by atoms with Crippen molar-refractivity contribution in [2.45, 2.75) is 50.5 Å². The first-order valence-electron chi connectivity index (χ1n) is 6.21. The smallest absolute Gasteiger partial charge is 0.123 e. The van der Waals surface area contributed by atoms with Gasteiger partial charge in [0.15, 0.2) is 0 Å². The summed E-state index contributed by atoms with van der Waals surface area (Å²) in [5.74, 6) is -0.163. The van der Waals surface area contributed by atoms with Crippen LogP contribution in [0.1, 0.15) is 44.1 Å². The molecule has 1 fully saturated rings. The fourth-order valence-electron chi connectivity index (χ4n) is 2.55. The van der Waals surface area contributed by atoms with Crippen molar-refractivity contribution in [2.75, 3.05) is 0 Å². The van der Waals surface area contributed by atoms with Gasteiger partial charge in [0.1, 0.15) is 5.82 Å². The maximum atomic E-state index is 12.7. The van der Waals surface area contributed by atoms with Crippen LogP contribution in [0.4, 0.5) is 4.39 Å². The van der Waals surface area contributed by atoms with Crippen LogP contribution < -0.4 is 5.73 Å². The van der Waals surface area contributed by atoms with E-state index in [4.69, 9.17) is 5.73 Å². The van der Waals surface area contributed by atoms with Crippen LogP contribution in [-0.2, 0) is 6.42 Å². The van der Waals surface area contributed by atoms with Crippen molar-refractivity contribution in [1.29, 1.82) is 0 Å². The second kappa shape index (κ2) is 4.96. The monoisotopic (exact) mass is 221 g/mol. The summed E-state index contributed by atoms with van der Waals surface area (Å²) in [4.78, 5) is 0. The van der Waals surface area contributed by atoms with Gasteiger partial charge in [-0.25, -0.2) is 4.39 Å². The molecule has 2 N–H and O–H groups in total. The van der Waals surface area contributed by atoms with Crippen molar-refractivity contribution in [3.63, 3.8) is 0 Å². The molecule has 1 nitrogen and oxygen atoms in total. The average Bonchev–Trinajstić information content (AvgIpc) is 2.29. The van der Waals surface area contributed by atoms with Crippen molar-refractivity contribution in [3.05, 3.63) is 35.6 Å². The van der Waals surface area contributed by atoms with Crippen LogP contribution in [0.25, 0.3) is 0 Å². The number of aryl methyl sites for hydroxylation is 1. The minimum Gasteiger partial charge on any atom is -0.325 e. The van der Waals surface area contributed by atoms with Gasteiger partial charge in [-0.2, -0.15) is 0 Å². The van der Waals surface area contributed by atoms with E-state index in [1.165, 1.54) is 37.0 Å². The Morgan fingerprint density at radius 1 is 1.06 bits per heavy atom. The maximum absolute atomic E-state index is 12.7. The molecule has 0 amide bonds. The number of benzene rings is 1. The summed E-state index contributed by atoms with van der Waals surface area (Å²) in [6, 6.07) is 6.78. The third-order valence-corrected chi connectivity index (χ3v) is 3.67. The normalized spacial score (nSPS) is 19.6. The lowest BCUT2D eigenvalue weighted by atomic mass is 9.79. The lowest BCUT2D eigenvalue weighted by Gasteiger charge is -2.33. The van der Waals surface area contributed by atoms with Gasteiger partial charge >= 0.3 is 0 Å². The Morgan fingerprint density at radius 2 is 1.69 bits per heavy atom. The molecule has 1 aliphatic carbocycles. The lowest BCUT2D eigenvalue weighted by Crippen LogP contribution is -2.41. The molecule has 0 bridgehead atoms. The number of rotatable bonds is 3. The highest BCUT2D eigenvalue weighted by atomic mass is 19.1. The number of hydrogen-bond donors (Lipinski definition) is 1. The Bertz CT molecular complexity index is 325. The van der Waals surface area contributed by atoms with Crippen molar-refractivity contribution in [3.8, 4) is 0 Å². The van der Waals surface area contributed by atoms with E-state index in [1.807, 2.05) is 12.1 Å². The molecule has 0 aromatic heterocycles. The van der Waals surface area contributed by atoms with Crippen LogP contribution in [0.5, 0.6) is 0 Å². The SMILES string of the molecule is NC1(CCc2ccc(F)cc2)CCCCC1. The van der Waals surface area contributed by atoms with E-state index < -0.39 is 0 Å². The van der Waals surface area contributed by atoms with Gasteiger partial charge in [-0.1, -0.05) is 31.4 Å². The predicted octanol–water partition coefficient (Wildman–Crippen LogP) is 3.42. The fourth-order valence-corrected chi connectivity index (χ4v) is 2.55. The molecule has 1 aromatic rings. The molecule has 0 aliphatic heterocycles. The van der Waals surface area contributed by atoms with Gasteiger partial charge in [-0.15, -0.1) is 0 Å². The molecule has 0 atom stereocenters. The average molecular weight is 221 g/mol. The quantitative estimate of drug-likeness (QED) is 0.831. The van der Waals surface area contributed by atoms with Gasteiger partial charge in [0.25, 0.3) is 0 Å². The zero-order valence-corrected chi connectivity index (χ0v) is 9.71. The van der Waals surface area contributed by atoms with E-state index in [1.54, 1.807) is 0 Å². The van der Waals surface area contributed by atoms with Crippen molar-refractivity contribution in [2.24, 2.45) is 5.73 Å². The van der Waals surface area contributed by atoms with Gasteiger partial charge < -0.3 is 5.73 Å². The summed E-state index contributed by atoms with van der Waals surface area (Å²) in [6.45, 7) is 0. The molecule has 88 valence electrons. The molecule has 0 spiro atoms. The van der Waals surface area contributed by atoms with E-state index >= 15 is 0 Å². The highest BCUT2D eigenvalue weighted by Gasteiger charge is 2.26. The van der Waals surface area contributed by atoms with Crippen LogP contribution in [-0.4, -0.2) is 5.54 Å². The first-order valence-corrected chi connectivity index (χ1v) is 6.21. The largest absolute Gasteiger partial charge is 0.325 e. The zero-order chi connectivity index (χ0) is 11.4. The lowest BCUT2D eigenvalue weighted by molar-refractivity contribution is 0.278. The summed E-state index contributed by atoms with van der Waals surface area (Å²) in [5, 5.41) is 0. The minimum absolute atomic E-state index is 0.0344. The number of halogens is 1. The molecule has 1 aliphatic rings. The molecule has 1 saturated carbocycles. The van der Waals surface area contributed by atoms with Gasteiger partial charge in [0.2, 0.25) is 0 Å². The van der Waals surface area contributed by atoms with Crippen molar-refractivity contribution in [1.82, 2.24) is 0 Å². The Kier molecular flexibility index (Phi) is 3.59. The van der Waals surface area contributed by atoms with E-state index in [0.29, 0.717) is 0 Å². The predicted molar refractivity (Wildman–Crippen MR) is 64.7 cm³/mol. The van der Waals surface area contributed by atoms with Crippen molar-refractivity contribution >= 4 is 0 Å².